The van der Waals surface area contributed by atoms with Gasteiger partial charge in [-0.15, -0.1) is 10.2 Å². The van der Waals surface area contributed by atoms with Gasteiger partial charge in [0.2, 0.25) is 0 Å². The van der Waals surface area contributed by atoms with E-state index in [2.05, 4.69) is 33.0 Å². The van der Waals surface area contributed by atoms with Crippen molar-refractivity contribution in [2.75, 3.05) is 23.4 Å². The number of aliphatic hydroxyl groups is 1. The second kappa shape index (κ2) is 12.6. The molecule has 1 aliphatic rings. The van der Waals surface area contributed by atoms with E-state index in [0.29, 0.717) is 46.0 Å². The fraction of sp³-hybridized carbons (Fsp3) is 0.303. The van der Waals surface area contributed by atoms with Gasteiger partial charge in [0, 0.05) is 48.2 Å². The smallest absolute Gasteiger partial charge is 0.394 e. The zero-order chi connectivity index (χ0) is 33.2. The molecule has 1 aromatic heterocycles. The summed E-state index contributed by atoms with van der Waals surface area (Å²) in [6.07, 6.45) is -2.98. The van der Waals surface area contributed by atoms with E-state index in [4.69, 9.17) is 5.26 Å². The van der Waals surface area contributed by atoms with Gasteiger partial charge in [-0.05, 0) is 84.6 Å². The lowest BCUT2D eigenvalue weighted by Gasteiger charge is -2.24. The molecule has 5 rings (SSSR count). The summed E-state index contributed by atoms with van der Waals surface area (Å²) in [4.78, 5) is 15.2. The summed E-state index contributed by atoms with van der Waals surface area (Å²) in [5.74, 6) is -0.0722. The molecule has 0 atom stereocenters. The number of hydrogen-bond donors (Lipinski definition) is 3. The van der Waals surface area contributed by atoms with Gasteiger partial charge in [-0.1, -0.05) is 0 Å². The molecule has 0 bridgehead atoms. The predicted octanol–water partition coefficient (Wildman–Crippen LogP) is 5.39. The summed E-state index contributed by atoms with van der Waals surface area (Å²) >= 11 is 0. The van der Waals surface area contributed by atoms with Crippen LogP contribution in [0.1, 0.15) is 52.9 Å². The van der Waals surface area contributed by atoms with Crippen LogP contribution in [0.2, 0.25) is 0 Å². The molecule has 0 spiro atoms. The molecule has 1 amide bonds. The summed E-state index contributed by atoms with van der Waals surface area (Å²) < 4.78 is 44.8. The topological polar surface area (TPSA) is 143 Å². The molecule has 0 saturated carbocycles. The molecule has 0 aliphatic carbocycles. The number of alkyl halides is 3. The first-order valence-corrected chi connectivity index (χ1v) is 14.4. The van der Waals surface area contributed by atoms with E-state index >= 15 is 0 Å². The largest absolute Gasteiger partial charge is 0.416 e. The SMILES string of the molecule is Cn1cnnc1-c1ccc(C#N)cc1-c1cc(NCCC#N)cc(N2Cc3c(cc(CNC(C)(C)CO)cc3C(F)(F)F)C2=O)c1. The van der Waals surface area contributed by atoms with E-state index in [1.54, 1.807) is 61.9 Å². The molecule has 0 unspecified atom stereocenters. The predicted molar refractivity (Wildman–Crippen MR) is 165 cm³/mol. The average Bonchev–Trinajstić information content (AvgIpc) is 3.61. The van der Waals surface area contributed by atoms with Crippen LogP contribution in [-0.4, -0.2) is 44.5 Å². The molecule has 46 heavy (non-hydrogen) atoms. The van der Waals surface area contributed by atoms with Crippen LogP contribution in [0.4, 0.5) is 24.5 Å². The van der Waals surface area contributed by atoms with Gasteiger partial charge in [-0.2, -0.15) is 23.7 Å². The monoisotopic (exact) mass is 628 g/mol. The minimum atomic E-state index is -4.71. The van der Waals surface area contributed by atoms with Gasteiger partial charge in [0.15, 0.2) is 5.82 Å². The number of hydrogen-bond acceptors (Lipinski definition) is 8. The maximum atomic E-state index is 14.4. The van der Waals surface area contributed by atoms with Crippen LogP contribution in [0.5, 0.6) is 0 Å². The highest BCUT2D eigenvalue weighted by atomic mass is 19.4. The lowest BCUT2D eigenvalue weighted by atomic mass is 9.95. The zero-order valence-electron chi connectivity index (χ0n) is 25.4. The van der Waals surface area contributed by atoms with Crippen LogP contribution >= 0.6 is 0 Å². The maximum absolute atomic E-state index is 14.4. The number of nitrogens with zero attached hydrogens (tertiary/aromatic N) is 6. The molecule has 0 saturated heterocycles. The van der Waals surface area contributed by atoms with Crippen LogP contribution in [0.3, 0.4) is 0 Å². The Kier molecular flexibility index (Phi) is 8.83. The lowest BCUT2D eigenvalue weighted by Crippen LogP contribution is -2.42. The lowest BCUT2D eigenvalue weighted by molar-refractivity contribution is -0.138. The third kappa shape index (κ3) is 6.56. The van der Waals surface area contributed by atoms with Gasteiger partial charge in [0.05, 0.1) is 42.8 Å². The fourth-order valence-electron chi connectivity index (χ4n) is 5.29. The normalized spacial score (nSPS) is 13.0. The van der Waals surface area contributed by atoms with Gasteiger partial charge in [0.25, 0.3) is 5.91 Å². The second-order valence-corrected chi connectivity index (χ2v) is 11.7. The minimum absolute atomic E-state index is 0.0136. The van der Waals surface area contributed by atoms with Crippen molar-refractivity contribution in [1.29, 1.82) is 10.5 Å². The fourth-order valence-corrected chi connectivity index (χ4v) is 5.29. The quantitative estimate of drug-likeness (QED) is 0.199. The van der Waals surface area contributed by atoms with Crippen molar-refractivity contribution in [3.8, 4) is 34.7 Å². The zero-order valence-corrected chi connectivity index (χ0v) is 25.4. The number of carbonyl (C=O) groups is 1. The van der Waals surface area contributed by atoms with E-state index in [-0.39, 0.29) is 42.8 Å². The van der Waals surface area contributed by atoms with Crippen molar-refractivity contribution in [2.45, 2.75) is 45.1 Å². The van der Waals surface area contributed by atoms with Crippen molar-refractivity contribution in [2.24, 2.45) is 7.05 Å². The summed E-state index contributed by atoms with van der Waals surface area (Å²) in [6, 6.07) is 16.9. The number of amides is 1. The van der Waals surface area contributed by atoms with Crippen molar-refractivity contribution in [1.82, 2.24) is 20.1 Å². The van der Waals surface area contributed by atoms with Crippen molar-refractivity contribution >= 4 is 17.3 Å². The van der Waals surface area contributed by atoms with Gasteiger partial charge in [-0.25, -0.2) is 0 Å². The van der Waals surface area contributed by atoms with Crippen LogP contribution in [0, 0.1) is 22.7 Å². The first-order chi connectivity index (χ1) is 21.8. The Morgan fingerprint density at radius 3 is 2.48 bits per heavy atom. The summed E-state index contributed by atoms with van der Waals surface area (Å²) in [5.41, 5.74) is 1.50. The Hall–Kier alpha value is -5.24. The Bertz CT molecular complexity index is 1890. The van der Waals surface area contributed by atoms with Crippen molar-refractivity contribution in [3.63, 3.8) is 0 Å². The first-order valence-electron chi connectivity index (χ1n) is 14.4. The highest BCUT2D eigenvalue weighted by Crippen LogP contribution is 2.42. The molecule has 0 fully saturated rings. The third-order valence-corrected chi connectivity index (χ3v) is 7.78. The summed E-state index contributed by atoms with van der Waals surface area (Å²) in [6.45, 7) is 3.20. The second-order valence-electron chi connectivity index (χ2n) is 11.7. The number of aryl methyl sites for hydroxylation is 1. The number of nitriles is 2. The maximum Gasteiger partial charge on any atom is 0.416 e. The number of aliphatic hydroxyl groups excluding tert-OH is 1. The molecule has 3 N–H and O–H groups in total. The van der Waals surface area contributed by atoms with Gasteiger partial charge >= 0.3 is 6.18 Å². The van der Waals surface area contributed by atoms with Crippen LogP contribution in [0.15, 0.2) is 54.9 Å². The molecule has 2 heterocycles. The third-order valence-electron chi connectivity index (χ3n) is 7.78. The highest BCUT2D eigenvalue weighted by molar-refractivity contribution is 6.11. The molecule has 4 aromatic rings. The van der Waals surface area contributed by atoms with E-state index in [9.17, 15) is 28.3 Å². The number of halogens is 3. The number of nitrogens with one attached hydrogen (secondary N) is 2. The molecule has 0 radical (unpaired) electrons. The van der Waals surface area contributed by atoms with Gasteiger partial charge in [-0.3, -0.25) is 4.79 Å². The van der Waals surface area contributed by atoms with Crippen LogP contribution in [0.25, 0.3) is 22.5 Å². The molecule has 236 valence electrons. The van der Waals surface area contributed by atoms with Crippen molar-refractivity contribution < 1.29 is 23.1 Å². The molecule has 1 aliphatic heterocycles. The number of aromatic nitrogens is 3. The Balaban J connectivity index is 1.62. The molecule has 10 nitrogen and oxygen atoms in total. The summed E-state index contributed by atoms with van der Waals surface area (Å²) in [5, 5.41) is 42.7. The number of anilines is 2. The van der Waals surface area contributed by atoms with Crippen LogP contribution < -0.4 is 15.5 Å². The number of fused-ring (bicyclic) bond motifs is 1. The molecule has 13 heteroatoms. The highest BCUT2D eigenvalue weighted by Gasteiger charge is 2.40. The molecular formula is C33H31F3N8O2. The molecular weight excluding hydrogens is 597 g/mol. The number of rotatable bonds is 10. The average molecular weight is 629 g/mol. The Morgan fingerprint density at radius 1 is 1.04 bits per heavy atom. The minimum Gasteiger partial charge on any atom is -0.394 e. The standard InChI is InChI=1S/C33H31F3N8O2/c1-32(2,18-45)40-16-21-10-27-28(29(11-21)33(34,35)36)17-44(31(27)46)24-13-22(12-23(14-24)39-8-4-7-37)26-9-20(15-38)5-6-25(26)30-42-41-19-43(30)3/h5-6,9-14,19,39-40,45H,4,8,16-18H2,1-3H3. The van der Waals surface area contributed by atoms with E-state index in [0.717, 1.165) is 6.07 Å². The summed E-state index contributed by atoms with van der Waals surface area (Å²) in [7, 11) is 1.77. The van der Waals surface area contributed by atoms with Gasteiger partial charge < -0.3 is 25.2 Å². The molecule has 3 aromatic carbocycles. The number of carbonyl (C=O) groups excluding carboxylic acids is 1. The van der Waals surface area contributed by atoms with Gasteiger partial charge in [0.1, 0.15) is 6.33 Å². The van der Waals surface area contributed by atoms with Crippen molar-refractivity contribution in [3.05, 3.63) is 82.7 Å². The first kappa shape index (κ1) is 32.2. The van der Waals surface area contributed by atoms with E-state index in [1.807, 2.05) is 0 Å². The van der Waals surface area contributed by atoms with E-state index in [1.165, 1.54) is 17.3 Å². The Morgan fingerprint density at radius 2 is 1.83 bits per heavy atom. The van der Waals surface area contributed by atoms with E-state index < -0.39 is 23.2 Å². The van der Waals surface area contributed by atoms with Crippen LogP contribution in [-0.2, 0) is 26.3 Å². The number of benzene rings is 3. The Labute approximate surface area is 263 Å².